The molecule has 29 heavy (non-hydrogen) atoms. The number of aromatic nitrogens is 3. The van der Waals surface area contributed by atoms with Crippen LogP contribution in [0.4, 0.5) is 0 Å². The molecule has 1 N–H and O–H groups in total. The summed E-state index contributed by atoms with van der Waals surface area (Å²) in [4.78, 5) is 26.5. The molecule has 0 spiro atoms. The van der Waals surface area contributed by atoms with Gasteiger partial charge in [0.25, 0.3) is 11.8 Å². The first-order valence-electron chi connectivity index (χ1n) is 9.77. The minimum Gasteiger partial charge on any atom is -0.484 e. The van der Waals surface area contributed by atoms with Gasteiger partial charge in [0, 0.05) is 24.8 Å². The number of nitrogens with zero attached hydrogens (tertiary/aromatic N) is 4. The van der Waals surface area contributed by atoms with Gasteiger partial charge in [0.1, 0.15) is 5.75 Å². The largest absolute Gasteiger partial charge is 0.484 e. The van der Waals surface area contributed by atoms with Crippen molar-refractivity contribution >= 4 is 17.5 Å². The molecule has 0 bridgehead atoms. The van der Waals surface area contributed by atoms with Crippen molar-refractivity contribution in [2.24, 2.45) is 0 Å². The lowest BCUT2D eigenvalue weighted by molar-refractivity contribution is -0.122. The highest BCUT2D eigenvalue weighted by Gasteiger charge is 2.33. The van der Waals surface area contributed by atoms with Crippen LogP contribution < -0.4 is 10.1 Å². The summed E-state index contributed by atoms with van der Waals surface area (Å²) in [6.07, 6.45) is 3.70. The number of carbonyl (C=O) groups excluding carboxylic acids is 2. The zero-order valence-corrected chi connectivity index (χ0v) is 16.2. The lowest BCUT2D eigenvalue weighted by Crippen LogP contribution is -2.31. The van der Waals surface area contributed by atoms with Crippen LogP contribution in [0.15, 0.2) is 48.7 Å². The Balaban J connectivity index is 1.48. The van der Waals surface area contributed by atoms with Gasteiger partial charge in [0.2, 0.25) is 0 Å². The molecular formula is C21H23N5O3. The fourth-order valence-electron chi connectivity index (χ4n) is 3.62. The molecule has 150 valence electrons. The minimum atomic E-state index is -0.173. The predicted octanol–water partition coefficient (Wildman–Crippen LogP) is 2.22. The molecule has 1 saturated heterocycles. The standard InChI is InChI=1S/C21H23N5O3/c1-2-22-19(27)14-29-16-10-8-15(9-11-16)21(28)25-13-5-6-17(25)20-24-23-18-7-3-4-12-26(18)20/h3-4,7-12,17H,2,5-6,13-14H2,1H3,(H,22,27). The zero-order chi connectivity index (χ0) is 20.2. The number of hydrogen-bond donors (Lipinski definition) is 1. The molecule has 1 aliphatic heterocycles. The van der Waals surface area contributed by atoms with Crippen LogP contribution >= 0.6 is 0 Å². The van der Waals surface area contributed by atoms with Crippen molar-refractivity contribution in [3.8, 4) is 5.75 Å². The van der Waals surface area contributed by atoms with Crippen molar-refractivity contribution in [1.29, 1.82) is 0 Å². The van der Waals surface area contributed by atoms with Gasteiger partial charge in [0.05, 0.1) is 6.04 Å². The second kappa shape index (κ2) is 8.30. The average molecular weight is 393 g/mol. The van der Waals surface area contributed by atoms with Gasteiger partial charge in [-0.15, -0.1) is 10.2 Å². The summed E-state index contributed by atoms with van der Waals surface area (Å²) in [5, 5.41) is 11.2. The molecule has 3 heterocycles. The van der Waals surface area contributed by atoms with E-state index < -0.39 is 0 Å². The van der Waals surface area contributed by atoms with E-state index in [0.29, 0.717) is 24.4 Å². The van der Waals surface area contributed by atoms with E-state index in [1.165, 1.54) is 0 Å². The number of likely N-dealkylation sites (tertiary alicyclic amines) is 1. The first-order valence-corrected chi connectivity index (χ1v) is 9.77. The Kier molecular flexibility index (Phi) is 5.41. The van der Waals surface area contributed by atoms with Gasteiger partial charge >= 0.3 is 0 Å². The Labute approximate surface area is 168 Å². The summed E-state index contributed by atoms with van der Waals surface area (Å²) >= 11 is 0. The number of likely N-dealkylation sites (N-methyl/N-ethyl adjacent to an activating group) is 1. The lowest BCUT2D eigenvalue weighted by atomic mass is 10.1. The molecule has 1 unspecified atom stereocenters. The molecule has 1 aliphatic rings. The number of rotatable bonds is 6. The maximum atomic E-state index is 13.1. The van der Waals surface area contributed by atoms with Gasteiger partial charge in [-0.1, -0.05) is 6.07 Å². The minimum absolute atomic E-state index is 0.0459. The van der Waals surface area contributed by atoms with Gasteiger partial charge < -0.3 is 15.0 Å². The molecular weight excluding hydrogens is 370 g/mol. The molecule has 1 fully saturated rings. The van der Waals surface area contributed by atoms with E-state index in [9.17, 15) is 9.59 Å². The van der Waals surface area contributed by atoms with Crippen LogP contribution in [0.25, 0.3) is 5.65 Å². The maximum absolute atomic E-state index is 13.1. The van der Waals surface area contributed by atoms with Crippen LogP contribution in [0.3, 0.4) is 0 Å². The fraction of sp³-hybridized carbons (Fsp3) is 0.333. The van der Waals surface area contributed by atoms with Crippen LogP contribution in [0.5, 0.6) is 5.75 Å². The van der Waals surface area contributed by atoms with Crippen molar-refractivity contribution in [3.05, 3.63) is 60.0 Å². The topological polar surface area (TPSA) is 88.8 Å². The summed E-state index contributed by atoms with van der Waals surface area (Å²) in [5.74, 6) is 1.12. The molecule has 1 aromatic carbocycles. The highest BCUT2D eigenvalue weighted by molar-refractivity contribution is 5.94. The highest BCUT2D eigenvalue weighted by atomic mass is 16.5. The molecule has 0 radical (unpaired) electrons. The molecule has 8 nitrogen and oxygen atoms in total. The van der Waals surface area contributed by atoms with Crippen molar-refractivity contribution in [1.82, 2.24) is 24.8 Å². The normalized spacial score (nSPS) is 16.2. The Morgan fingerprint density at radius 3 is 2.79 bits per heavy atom. The van der Waals surface area contributed by atoms with Crippen LogP contribution in [-0.4, -0.2) is 51.0 Å². The number of fused-ring (bicyclic) bond motifs is 1. The fourth-order valence-corrected chi connectivity index (χ4v) is 3.62. The van der Waals surface area contributed by atoms with E-state index in [1.54, 1.807) is 24.3 Å². The van der Waals surface area contributed by atoms with Gasteiger partial charge in [-0.05, 0) is 56.2 Å². The SMILES string of the molecule is CCNC(=O)COc1ccc(C(=O)N2CCCC2c2nnc3ccccn23)cc1. The van der Waals surface area contributed by atoms with Crippen molar-refractivity contribution in [3.63, 3.8) is 0 Å². The average Bonchev–Trinajstić information content (AvgIpc) is 3.39. The molecule has 0 saturated carbocycles. The molecule has 4 rings (SSSR count). The van der Waals surface area contributed by atoms with Gasteiger partial charge in [-0.2, -0.15) is 0 Å². The number of amides is 2. The zero-order valence-electron chi connectivity index (χ0n) is 16.2. The third-order valence-corrected chi connectivity index (χ3v) is 5.00. The summed E-state index contributed by atoms with van der Waals surface area (Å²) < 4.78 is 7.39. The Morgan fingerprint density at radius 1 is 1.17 bits per heavy atom. The van der Waals surface area contributed by atoms with E-state index in [1.807, 2.05) is 40.6 Å². The highest BCUT2D eigenvalue weighted by Crippen LogP contribution is 2.32. The maximum Gasteiger partial charge on any atom is 0.257 e. The summed E-state index contributed by atoms with van der Waals surface area (Å²) in [5.41, 5.74) is 1.35. The van der Waals surface area contributed by atoms with Gasteiger partial charge in [-0.25, -0.2) is 0 Å². The molecule has 3 aromatic rings. The van der Waals surface area contributed by atoms with Crippen LogP contribution in [0, 0.1) is 0 Å². The molecule has 2 aromatic heterocycles. The smallest absolute Gasteiger partial charge is 0.257 e. The molecule has 2 amide bonds. The second-order valence-corrected chi connectivity index (χ2v) is 6.91. The van der Waals surface area contributed by atoms with E-state index in [-0.39, 0.29) is 24.5 Å². The first-order chi connectivity index (χ1) is 14.2. The Bertz CT molecular complexity index is 1010. The first kappa shape index (κ1) is 18.9. The number of carbonyl (C=O) groups is 2. The van der Waals surface area contributed by atoms with E-state index >= 15 is 0 Å². The molecule has 0 aliphatic carbocycles. The van der Waals surface area contributed by atoms with E-state index in [0.717, 1.165) is 24.3 Å². The van der Waals surface area contributed by atoms with Crippen molar-refractivity contribution in [2.75, 3.05) is 19.7 Å². The van der Waals surface area contributed by atoms with Crippen LogP contribution in [-0.2, 0) is 4.79 Å². The number of ether oxygens (including phenoxy) is 1. The van der Waals surface area contributed by atoms with E-state index in [4.69, 9.17) is 4.74 Å². The number of nitrogens with one attached hydrogen (secondary N) is 1. The van der Waals surface area contributed by atoms with Crippen molar-refractivity contribution in [2.45, 2.75) is 25.8 Å². The molecule has 1 atom stereocenters. The predicted molar refractivity (Wildman–Crippen MR) is 107 cm³/mol. The monoisotopic (exact) mass is 393 g/mol. The van der Waals surface area contributed by atoms with Gasteiger partial charge in [-0.3, -0.25) is 14.0 Å². The number of pyridine rings is 1. The van der Waals surface area contributed by atoms with Gasteiger partial charge in [0.15, 0.2) is 18.1 Å². The summed E-state index contributed by atoms with van der Waals surface area (Å²) in [6.45, 7) is 3.05. The van der Waals surface area contributed by atoms with Crippen LogP contribution in [0.2, 0.25) is 0 Å². The summed E-state index contributed by atoms with van der Waals surface area (Å²) in [7, 11) is 0. The van der Waals surface area contributed by atoms with E-state index in [2.05, 4.69) is 15.5 Å². The van der Waals surface area contributed by atoms with Crippen molar-refractivity contribution < 1.29 is 14.3 Å². The number of hydrogen-bond acceptors (Lipinski definition) is 5. The summed E-state index contributed by atoms with van der Waals surface area (Å²) in [6, 6.07) is 12.5. The number of benzene rings is 1. The van der Waals surface area contributed by atoms with Crippen LogP contribution in [0.1, 0.15) is 42.0 Å². The third kappa shape index (κ3) is 3.91. The Morgan fingerprint density at radius 2 is 2.00 bits per heavy atom. The third-order valence-electron chi connectivity index (χ3n) is 5.00. The second-order valence-electron chi connectivity index (χ2n) is 6.91. The quantitative estimate of drug-likeness (QED) is 0.694. The molecule has 8 heteroatoms. The lowest BCUT2D eigenvalue weighted by Gasteiger charge is -2.23. The Hall–Kier alpha value is -3.42.